The van der Waals surface area contributed by atoms with Crippen molar-refractivity contribution in [3.63, 3.8) is 0 Å². The average Bonchev–Trinajstić information content (AvgIpc) is 2.23. The highest BCUT2D eigenvalue weighted by molar-refractivity contribution is 7.99. The summed E-state index contributed by atoms with van der Waals surface area (Å²) in [6, 6.07) is 0. The molecule has 4 nitrogen and oxygen atoms in total. The topological polar surface area (TPSA) is 72.5 Å². The Morgan fingerprint density at radius 1 is 1.44 bits per heavy atom. The SMILES string of the molecule is CCOC(=O)C(C)(N)CCCCSCCO. The first-order valence-electron chi connectivity index (χ1n) is 5.69. The largest absolute Gasteiger partial charge is 0.465 e. The van der Waals surface area contributed by atoms with Crippen molar-refractivity contribution in [1.82, 2.24) is 0 Å². The zero-order valence-electron chi connectivity index (χ0n) is 10.2. The van der Waals surface area contributed by atoms with E-state index in [1.54, 1.807) is 25.6 Å². The van der Waals surface area contributed by atoms with E-state index < -0.39 is 5.54 Å². The Bertz CT molecular complexity index is 198. The molecule has 0 saturated heterocycles. The lowest BCUT2D eigenvalue weighted by atomic mass is 9.96. The predicted octanol–water partition coefficient (Wildman–Crippen LogP) is 1.16. The number of carbonyl (C=O) groups excluding carboxylic acids is 1. The Labute approximate surface area is 102 Å². The molecule has 16 heavy (non-hydrogen) atoms. The lowest BCUT2D eigenvalue weighted by molar-refractivity contribution is -0.149. The van der Waals surface area contributed by atoms with Crippen molar-refractivity contribution >= 4 is 17.7 Å². The molecule has 0 amide bonds. The molecule has 0 fully saturated rings. The van der Waals surface area contributed by atoms with Crippen LogP contribution in [0.25, 0.3) is 0 Å². The van der Waals surface area contributed by atoms with Crippen LogP contribution in [0.4, 0.5) is 0 Å². The molecule has 0 aromatic heterocycles. The fourth-order valence-corrected chi connectivity index (χ4v) is 2.00. The van der Waals surface area contributed by atoms with Gasteiger partial charge in [-0.25, -0.2) is 0 Å². The molecule has 1 atom stereocenters. The molecular weight excluding hydrogens is 226 g/mol. The average molecular weight is 249 g/mol. The third-order valence-electron chi connectivity index (χ3n) is 2.21. The van der Waals surface area contributed by atoms with E-state index in [1.807, 2.05) is 0 Å². The zero-order valence-corrected chi connectivity index (χ0v) is 11.0. The molecule has 5 heteroatoms. The minimum Gasteiger partial charge on any atom is -0.465 e. The van der Waals surface area contributed by atoms with E-state index >= 15 is 0 Å². The number of hydrogen-bond donors (Lipinski definition) is 2. The van der Waals surface area contributed by atoms with Crippen LogP contribution in [0, 0.1) is 0 Å². The van der Waals surface area contributed by atoms with Crippen LogP contribution in [-0.4, -0.2) is 41.3 Å². The van der Waals surface area contributed by atoms with Gasteiger partial charge in [0.1, 0.15) is 5.54 Å². The summed E-state index contributed by atoms with van der Waals surface area (Å²) in [6.07, 6.45) is 2.56. The number of carbonyl (C=O) groups is 1. The Morgan fingerprint density at radius 3 is 2.69 bits per heavy atom. The summed E-state index contributed by atoms with van der Waals surface area (Å²) in [5, 5.41) is 8.58. The van der Waals surface area contributed by atoms with Crippen molar-refractivity contribution in [1.29, 1.82) is 0 Å². The maximum absolute atomic E-state index is 11.4. The molecule has 0 spiro atoms. The number of aliphatic hydroxyl groups excluding tert-OH is 1. The van der Waals surface area contributed by atoms with Gasteiger partial charge < -0.3 is 15.6 Å². The van der Waals surface area contributed by atoms with Crippen LogP contribution >= 0.6 is 11.8 Å². The lowest BCUT2D eigenvalue weighted by Gasteiger charge is -2.21. The summed E-state index contributed by atoms with van der Waals surface area (Å²) >= 11 is 1.72. The third-order valence-corrected chi connectivity index (χ3v) is 3.26. The first-order chi connectivity index (χ1) is 7.54. The van der Waals surface area contributed by atoms with Gasteiger partial charge in [0, 0.05) is 5.75 Å². The number of hydrogen-bond acceptors (Lipinski definition) is 5. The minimum absolute atomic E-state index is 0.224. The van der Waals surface area contributed by atoms with E-state index in [-0.39, 0.29) is 12.6 Å². The summed E-state index contributed by atoms with van der Waals surface area (Å²) in [5.41, 5.74) is 5.00. The van der Waals surface area contributed by atoms with Crippen molar-refractivity contribution in [2.75, 3.05) is 24.7 Å². The highest BCUT2D eigenvalue weighted by atomic mass is 32.2. The summed E-state index contributed by atoms with van der Waals surface area (Å²) < 4.78 is 4.90. The van der Waals surface area contributed by atoms with Gasteiger partial charge in [-0.3, -0.25) is 4.79 Å². The van der Waals surface area contributed by atoms with E-state index in [2.05, 4.69) is 0 Å². The van der Waals surface area contributed by atoms with E-state index in [0.29, 0.717) is 13.0 Å². The molecule has 96 valence electrons. The molecule has 0 aliphatic carbocycles. The van der Waals surface area contributed by atoms with E-state index in [0.717, 1.165) is 24.3 Å². The summed E-state index contributed by atoms with van der Waals surface area (Å²) in [4.78, 5) is 11.4. The molecule has 0 aliphatic rings. The van der Waals surface area contributed by atoms with Gasteiger partial charge in [-0.2, -0.15) is 11.8 Å². The van der Waals surface area contributed by atoms with Crippen molar-refractivity contribution in [2.24, 2.45) is 5.73 Å². The van der Waals surface area contributed by atoms with Crippen molar-refractivity contribution in [2.45, 2.75) is 38.6 Å². The molecule has 0 radical (unpaired) electrons. The molecular formula is C11H23NO3S. The van der Waals surface area contributed by atoms with Crippen molar-refractivity contribution in [3.05, 3.63) is 0 Å². The second-order valence-electron chi connectivity index (χ2n) is 3.93. The van der Waals surface area contributed by atoms with Gasteiger partial charge >= 0.3 is 5.97 Å². The van der Waals surface area contributed by atoms with Crippen molar-refractivity contribution in [3.8, 4) is 0 Å². The molecule has 0 heterocycles. The molecule has 0 rings (SSSR count). The van der Waals surface area contributed by atoms with Crippen LogP contribution in [0.3, 0.4) is 0 Å². The van der Waals surface area contributed by atoms with Gasteiger partial charge in [-0.1, -0.05) is 6.42 Å². The number of ether oxygens (including phenoxy) is 1. The Hall–Kier alpha value is -0.260. The molecule has 3 N–H and O–H groups in total. The highest BCUT2D eigenvalue weighted by Crippen LogP contribution is 2.14. The first-order valence-corrected chi connectivity index (χ1v) is 6.84. The number of esters is 1. The number of thioether (sulfide) groups is 1. The van der Waals surface area contributed by atoms with E-state index in [9.17, 15) is 4.79 Å². The zero-order chi connectivity index (χ0) is 12.4. The van der Waals surface area contributed by atoms with E-state index in [1.165, 1.54) is 0 Å². The van der Waals surface area contributed by atoms with Gasteiger partial charge in [0.2, 0.25) is 0 Å². The molecule has 1 unspecified atom stereocenters. The Morgan fingerprint density at radius 2 is 2.12 bits per heavy atom. The number of rotatable bonds is 9. The number of unbranched alkanes of at least 4 members (excludes halogenated alkanes) is 1. The molecule has 0 aliphatic heterocycles. The van der Waals surface area contributed by atoms with Crippen LogP contribution in [0.1, 0.15) is 33.1 Å². The normalized spacial score (nSPS) is 14.5. The third kappa shape index (κ3) is 7.09. The van der Waals surface area contributed by atoms with Gasteiger partial charge in [0.05, 0.1) is 13.2 Å². The van der Waals surface area contributed by atoms with Crippen LogP contribution in [0.2, 0.25) is 0 Å². The Balaban J connectivity index is 3.61. The second-order valence-corrected chi connectivity index (χ2v) is 5.16. The molecule has 0 saturated carbocycles. The van der Waals surface area contributed by atoms with Gasteiger partial charge in [0.25, 0.3) is 0 Å². The molecule has 0 aromatic carbocycles. The monoisotopic (exact) mass is 249 g/mol. The number of nitrogens with two attached hydrogens (primary N) is 1. The first kappa shape index (κ1) is 15.7. The maximum atomic E-state index is 11.4. The highest BCUT2D eigenvalue weighted by Gasteiger charge is 2.28. The summed E-state index contributed by atoms with van der Waals surface area (Å²) in [7, 11) is 0. The Kier molecular flexibility index (Phi) is 8.70. The second kappa shape index (κ2) is 8.84. The van der Waals surface area contributed by atoms with Crippen molar-refractivity contribution < 1.29 is 14.6 Å². The van der Waals surface area contributed by atoms with Crippen LogP contribution in [-0.2, 0) is 9.53 Å². The van der Waals surface area contributed by atoms with Gasteiger partial charge in [-0.15, -0.1) is 0 Å². The predicted molar refractivity (Wildman–Crippen MR) is 67.5 cm³/mol. The fourth-order valence-electron chi connectivity index (χ4n) is 1.26. The summed E-state index contributed by atoms with van der Waals surface area (Å²) in [5.74, 6) is 1.45. The molecule has 0 bridgehead atoms. The molecule has 0 aromatic rings. The van der Waals surface area contributed by atoms with Gasteiger partial charge in [-0.05, 0) is 32.4 Å². The lowest BCUT2D eigenvalue weighted by Crippen LogP contribution is -2.46. The van der Waals surface area contributed by atoms with E-state index in [4.69, 9.17) is 15.6 Å². The van der Waals surface area contributed by atoms with Gasteiger partial charge in [0.15, 0.2) is 0 Å². The minimum atomic E-state index is -0.863. The van der Waals surface area contributed by atoms with Crippen LogP contribution in [0.5, 0.6) is 0 Å². The van der Waals surface area contributed by atoms with Crippen LogP contribution < -0.4 is 5.73 Å². The summed E-state index contributed by atoms with van der Waals surface area (Å²) in [6.45, 7) is 4.09. The van der Waals surface area contributed by atoms with Crippen LogP contribution in [0.15, 0.2) is 0 Å². The maximum Gasteiger partial charge on any atom is 0.325 e. The fraction of sp³-hybridized carbons (Fsp3) is 0.909. The quantitative estimate of drug-likeness (QED) is 0.474. The number of aliphatic hydroxyl groups is 1. The standard InChI is InChI=1S/C11H23NO3S/c1-3-15-10(14)11(2,12)6-4-5-8-16-9-7-13/h13H,3-9,12H2,1-2H3. The smallest absolute Gasteiger partial charge is 0.325 e.